The Kier molecular flexibility index (Phi) is 3.85. The van der Waals surface area contributed by atoms with Crippen molar-refractivity contribution in [1.82, 2.24) is 15.1 Å². The van der Waals surface area contributed by atoms with Gasteiger partial charge in [0.15, 0.2) is 0 Å². The van der Waals surface area contributed by atoms with E-state index in [2.05, 4.69) is 15.1 Å². The highest BCUT2D eigenvalue weighted by Crippen LogP contribution is 2.32. The van der Waals surface area contributed by atoms with Crippen LogP contribution in [-0.2, 0) is 4.79 Å². The molecule has 1 saturated heterocycles. The van der Waals surface area contributed by atoms with Crippen molar-refractivity contribution < 1.29 is 14.4 Å². The molecule has 1 aliphatic rings. The number of benzene rings is 1. The van der Waals surface area contributed by atoms with Crippen LogP contribution in [0.2, 0.25) is 5.02 Å². The second-order valence-electron chi connectivity index (χ2n) is 5.74. The van der Waals surface area contributed by atoms with E-state index in [0.717, 1.165) is 5.69 Å². The molecule has 3 aromatic rings. The van der Waals surface area contributed by atoms with E-state index in [9.17, 15) is 9.90 Å². The van der Waals surface area contributed by atoms with Gasteiger partial charge in [0.05, 0.1) is 5.92 Å². The van der Waals surface area contributed by atoms with Gasteiger partial charge in [0.1, 0.15) is 0 Å². The first-order chi connectivity index (χ1) is 12.1. The summed E-state index contributed by atoms with van der Waals surface area (Å²) in [4.78, 5) is 22.2. The molecule has 0 saturated carbocycles. The maximum Gasteiger partial charge on any atom is 0.232 e. The highest BCUT2D eigenvalue weighted by molar-refractivity contribution is 6.30. The molecule has 0 aliphatic carbocycles. The Hall–Kier alpha value is -2.93. The van der Waals surface area contributed by atoms with Crippen LogP contribution < -0.4 is 4.90 Å². The predicted molar refractivity (Wildman–Crippen MR) is 90.4 cm³/mol. The average molecular weight is 357 g/mol. The lowest BCUT2D eigenvalue weighted by Gasteiger charge is -2.15. The molecular formula is C17H13ClN4O3. The van der Waals surface area contributed by atoms with Gasteiger partial charge in [0.2, 0.25) is 23.5 Å². The maximum atomic E-state index is 12.3. The third-order valence-corrected chi connectivity index (χ3v) is 4.31. The number of aromatic nitrogens is 3. The first kappa shape index (κ1) is 15.6. The number of hydrogen-bond donors (Lipinski definition) is 1. The monoisotopic (exact) mass is 356 g/mol. The zero-order chi connectivity index (χ0) is 17.4. The van der Waals surface area contributed by atoms with Gasteiger partial charge in [-0.3, -0.25) is 4.79 Å². The van der Waals surface area contributed by atoms with Crippen molar-refractivity contribution in [2.45, 2.75) is 12.3 Å². The van der Waals surface area contributed by atoms with Crippen molar-refractivity contribution in [2.75, 3.05) is 11.4 Å². The quantitative estimate of drug-likeness (QED) is 0.775. The van der Waals surface area contributed by atoms with Crippen LogP contribution in [0.25, 0.3) is 11.4 Å². The first-order valence-corrected chi connectivity index (χ1v) is 8.03. The third-order valence-electron chi connectivity index (χ3n) is 4.06. The van der Waals surface area contributed by atoms with Gasteiger partial charge < -0.3 is 14.5 Å². The molecule has 1 fully saturated rings. The van der Waals surface area contributed by atoms with E-state index in [1.807, 2.05) is 12.1 Å². The molecule has 25 heavy (non-hydrogen) atoms. The Bertz CT molecular complexity index is 908. The van der Waals surface area contributed by atoms with E-state index in [-0.39, 0.29) is 17.7 Å². The highest BCUT2D eigenvalue weighted by Gasteiger charge is 2.35. The molecule has 1 unspecified atom stereocenters. The summed E-state index contributed by atoms with van der Waals surface area (Å²) in [5.41, 5.74) is 1.42. The van der Waals surface area contributed by atoms with Crippen LogP contribution in [0, 0.1) is 0 Å². The minimum Gasteiger partial charge on any atom is -0.493 e. The molecule has 1 N–H and O–H groups in total. The maximum absolute atomic E-state index is 12.3. The molecule has 0 spiro atoms. The Morgan fingerprint density at radius 3 is 2.72 bits per heavy atom. The van der Waals surface area contributed by atoms with Gasteiger partial charge in [0, 0.05) is 41.5 Å². The van der Waals surface area contributed by atoms with Crippen molar-refractivity contribution in [3.05, 3.63) is 53.5 Å². The Labute approximate surface area is 147 Å². The molecule has 2 aromatic heterocycles. The van der Waals surface area contributed by atoms with Gasteiger partial charge in [0.25, 0.3) is 0 Å². The van der Waals surface area contributed by atoms with Crippen LogP contribution in [0.15, 0.2) is 47.1 Å². The van der Waals surface area contributed by atoms with E-state index in [0.29, 0.717) is 35.3 Å². The Morgan fingerprint density at radius 2 is 2.00 bits per heavy atom. The number of halogens is 1. The zero-order valence-electron chi connectivity index (χ0n) is 13.0. The lowest BCUT2D eigenvalue weighted by molar-refractivity contribution is -0.117. The molecule has 7 nitrogen and oxygen atoms in total. The second-order valence-corrected chi connectivity index (χ2v) is 6.18. The molecule has 1 aromatic carbocycles. The van der Waals surface area contributed by atoms with Crippen LogP contribution in [0.3, 0.4) is 0 Å². The number of amides is 1. The van der Waals surface area contributed by atoms with Gasteiger partial charge in [-0.1, -0.05) is 16.8 Å². The number of pyridine rings is 1. The van der Waals surface area contributed by atoms with Crippen molar-refractivity contribution in [3.8, 4) is 17.3 Å². The van der Waals surface area contributed by atoms with Crippen LogP contribution >= 0.6 is 11.6 Å². The number of hydrogen-bond acceptors (Lipinski definition) is 6. The minimum absolute atomic E-state index is 0.00151. The molecule has 3 heterocycles. The second kappa shape index (κ2) is 6.18. The highest BCUT2D eigenvalue weighted by atomic mass is 35.5. The van der Waals surface area contributed by atoms with E-state index in [1.165, 1.54) is 12.3 Å². The largest absolute Gasteiger partial charge is 0.493 e. The third kappa shape index (κ3) is 3.06. The topological polar surface area (TPSA) is 92.3 Å². The van der Waals surface area contributed by atoms with Crippen LogP contribution in [-0.4, -0.2) is 32.7 Å². The fourth-order valence-electron chi connectivity index (χ4n) is 2.78. The Morgan fingerprint density at radius 1 is 1.20 bits per heavy atom. The van der Waals surface area contributed by atoms with Crippen molar-refractivity contribution >= 4 is 23.2 Å². The summed E-state index contributed by atoms with van der Waals surface area (Å²) >= 11 is 5.89. The fraction of sp³-hybridized carbons (Fsp3) is 0.176. The smallest absolute Gasteiger partial charge is 0.232 e. The number of aromatic hydroxyl groups is 1. The molecule has 0 bridgehead atoms. The van der Waals surface area contributed by atoms with Crippen molar-refractivity contribution in [2.24, 2.45) is 0 Å². The normalized spacial score (nSPS) is 17.2. The first-order valence-electron chi connectivity index (χ1n) is 7.65. The number of carbonyl (C=O) groups is 1. The molecule has 1 atom stereocenters. The van der Waals surface area contributed by atoms with Crippen LogP contribution in [0.4, 0.5) is 5.69 Å². The molecule has 0 radical (unpaired) electrons. The summed E-state index contributed by atoms with van der Waals surface area (Å²) in [5, 5.41) is 13.8. The van der Waals surface area contributed by atoms with E-state index in [1.54, 1.807) is 23.1 Å². The minimum atomic E-state index is -0.172. The molecule has 8 heteroatoms. The van der Waals surface area contributed by atoms with Gasteiger partial charge >= 0.3 is 0 Å². The van der Waals surface area contributed by atoms with Crippen LogP contribution in [0.5, 0.6) is 5.88 Å². The summed E-state index contributed by atoms with van der Waals surface area (Å²) in [7, 11) is 0. The summed E-state index contributed by atoms with van der Waals surface area (Å²) in [6.45, 7) is 0.468. The summed E-state index contributed by atoms with van der Waals surface area (Å²) in [5.74, 6) is 0.535. The molecular weight excluding hydrogens is 344 g/mol. The Balaban J connectivity index is 1.54. The molecule has 4 rings (SSSR count). The van der Waals surface area contributed by atoms with Gasteiger partial charge in [-0.2, -0.15) is 4.98 Å². The van der Waals surface area contributed by atoms with E-state index >= 15 is 0 Å². The molecule has 1 amide bonds. The van der Waals surface area contributed by atoms with E-state index in [4.69, 9.17) is 16.1 Å². The van der Waals surface area contributed by atoms with E-state index < -0.39 is 0 Å². The summed E-state index contributed by atoms with van der Waals surface area (Å²) in [6.07, 6.45) is 1.77. The van der Waals surface area contributed by atoms with Crippen molar-refractivity contribution in [3.63, 3.8) is 0 Å². The number of rotatable bonds is 3. The SMILES string of the molecule is O=C1CC(c2nc(-c3ccc(O)nc3)no2)CN1c1ccc(Cl)cc1. The standard InChI is InChI=1S/C17H13ClN4O3/c18-12-2-4-13(5-3-12)22-9-11(7-15(22)24)17-20-16(21-25-17)10-1-6-14(23)19-8-10/h1-6,8,11H,7,9H2,(H,19,23). The number of nitrogens with zero attached hydrogens (tertiary/aromatic N) is 4. The van der Waals surface area contributed by atoms with Crippen molar-refractivity contribution in [1.29, 1.82) is 0 Å². The zero-order valence-corrected chi connectivity index (χ0v) is 13.7. The number of anilines is 1. The lowest BCUT2D eigenvalue weighted by atomic mass is 10.1. The lowest BCUT2D eigenvalue weighted by Crippen LogP contribution is -2.24. The average Bonchev–Trinajstić information content (AvgIpc) is 3.23. The fourth-order valence-corrected chi connectivity index (χ4v) is 2.91. The van der Waals surface area contributed by atoms with Gasteiger partial charge in [-0.15, -0.1) is 0 Å². The van der Waals surface area contributed by atoms with Crippen LogP contribution in [0.1, 0.15) is 18.2 Å². The van der Waals surface area contributed by atoms with Gasteiger partial charge in [-0.25, -0.2) is 4.98 Å². The predicted octanol–water partition coefficient (Wildman–Crippen LogP) is 3.01. The molecule has 1 aliphatic heterocycles. The van der Waals surface area contributed by atoms with Gasteiger partial charge in [-0.05, 0) is 30.3 Å². The summed E-state index contributed by atoms with van der Waals surface area (Å²) in [6, 6.07) is 10.2. The molecule has 126 valence electrons. The number of carbonyl (C=O) groups excluding carboxylic acids is 1. The summed E-state index contributed by atoms with van der Waals surface area (Å²) < 4.78 is 5.33.